The zero-order chi connectivity index (χ0) is 38.9. The van der Waals surface area contributed by atoms with Gasteiger partial charge in [0.15, 0.2) is 8.32 Å². The molecular weight excluding hydrogens is 691 g/mol. The summed E-state index contributed by atoms with van der Waals surface area (Å²) < 4.78 is 43.3. The zero-order valence-electron chi connectivity index (χ0n) is 34.2. The Kier molecular flexibility index (Phi) is 15.8. The second-order valence-electron chi connectivity index (χ2n) is 17.0. The molecule has 0 aliphatic carbocycles. The van der Waals surface area contributed by atoms with Crippen molar-refractivity contribution >= 4 is 20.4 Å². The van der Waals surface area contributed by atoms with E-state index in [0.29, 0.717) is 31.0 Å². The van der Waals surface area contributed by atoms with E-state index in [2.05, 4.69) is 45.8 Å². The van der Waals surface area contributed by atoms with Crippen LogP contribution in [0, 0.1) is 11.8 Å². The van der Waals surface area contributed by atoms with Crippen molar-refractivity contribution in [3.05, 3.63) is 53.2 Å². The van der Waals surface area contributed by atoms with Gasteiger partial charge >= 0.3 is 5.97 Å². The molecule has 0 radical (unpaired) electrons. The van der Waals surface area contributed by atoms with Crippen LogP contribution in [-0.4, -0.2) is 75.2 Å². The minimum Gasteiger partial charge on any atom is -0.497 e. The van der Waals surface area contributed by atoms with Gasteiger partial charge in [0.25, 0.3) is 0 Å². The van der Waals surface area contributed by atoms with Crippen molar-refractivity contribution in [1.82, 2.24) is 4.98 Å². The standard InChI is InChI=1S/C42H67NO9Si/c1-27(30(4)46-8)20-40-43-37(26-49-40)39-21-32(44)13-12-14-34-22-35(48-25-31-15-17-33(47-9)18-16-31)23-36(50-34)24-38(52-53(10,11)42(5,6)7)28(2)19-29(3)41(45)51-39/h15-18,20,26,28-30,32,34-36,38-39,44H,12-14,19,21-25H2,1-11H3/b27-20+/t28-,29-,30+,32-,34+,35?,36+,38-,39-/m0/s1. The van der Waals surface area contributed by atoms with Crippen LogP contribution in [0.3, 0.4) is 0 Å². The molecule has 53 heavy (non-hydrogen) atoms. The largest absolute Gasteiger partial charge is 0.497 e. The van der Waals surface area contributed by atoms with E-state index >= 15 is 0 Å². The number of aromatic nitrogens is 1. The van der Waals surface area contributed by atoms with E-state index in [0.717, 1.165) is 49.0 Å². The summed E-state index contributed by atoms with van der Waals surface area (Å²) in [5, 5.41) is 11.3. The van der Waals surface area contributed by atoms with Crippen LogP contribution in [0.25, 0.3) is 6.08 Å². The van der Waals surface area contributed by atoms with Gasteiger partial charge in [-0.15, -0.1) is 0 Å². The van der Waals surface area contributed by atoms with Crippen LogP contribution in [0.1, 0.15) is 123 Å². The Bertz CT molecular complexity index is 1450. The summed E-state index contributed by atoms with van der Waals surface area (Å²) >= 11 is 0. The van der Waals surface area contributed by atoms with Crippen LogP contribution in [0.2, 0.25) is 18.1 Å². The van der Waals surface area contributed by atoms with Gasteiger partial charge in [-0.05, 0) is 106 Å². The third-order valence-corrected chi connectivity index (χ3v) is 16.1. The lowest BCUT2D eigenvalue weighted by Crippen LogP contribution is -2.48. The normalized spacial score (nSPS) is 29.4. The second kappa shape index (κ2) is 19.4. The summed E-state index contributed by atoms with van der Waals surface area (Å²) in [4.78, 5) is 18.4. The lowest BCUT2D eigenvalue weighted by atomic mass is 9.87. The molecule has 0 spiro atoms. The van der Waals surface area contributed by atoms with Gasteiger partial charge in [-0.2, -0.15) is 0 Å². The molecule has 9 atom stereocenters. The molecule has 298 valence electrons. The molecule has 3 heterocycles. The van der Waals surface area contributed by atoms with Crippen LogP contribution in [0.5, 0.6) is 5.75 Å². The van der Waals surface area contributed by atoms with Gasteiger partial charge in [0.2, 0.25) is 5.89 Å². The number of esters is 1. The SMILES string of the molecule is COc1ccc(COC2C[C@H]3CCC[C@H](O)C[C@@H](c4coc(/C=C(\C)[C@@H](C)OC)n4)OC(=O)[C@@H](C)C[C@H](C)[C@@H](O[Si](C)(C)C(C)(C)C)C[C@@H](C2)O3)cc1. The molecule has 1 unspecified atom stereocenters. The molecule has 1 aromatic heterocycles. The van der Waals surface area contributed by atoms with E-state index in [1.54, 1.807) is 14.2 Å². The van der Waals surface area contributed by atoms with Gasteiger partial charge in [0.1, 0.15) is 23.8 Å². The number of cyclic esters (lactones) is 1. The topological polar surface area (TPSA) is 119 Å². The van der Waals surface area contributed by atoms with Gasteiger partial charge in [-0.25, -0.2) is 4.98 Å². The Morgan fingerprint density at radius 3 is 2.40 bits per heavy atom. The number of methoxy groups -OCH3 is 2. The molecule has 2 aliphatic heterocycles. The zero-order valence-corrected chi connectivity index (χ0v) is 35.2. The first-order valence-electron chi connectivity index (χ1n) is 19.6. The van der Waals surface area contributed by atoms with Crippen molar-refractivity contribution in [3.8, 4) is 5.75 Å². The average molecular weight is 758 g/mol. The number of aliphatic hydroxyl groups is 1. The number of hydrogen-bond donors (Lipinski definition) is 1. The molecule has 2 fully saturated rings. The highest BCUT2D eigenvalue weighted by Crippen LogP contribution is 2.41. The number of nitrogens with zero attached hydrogens (tertiary/aromatic N) is 1. The van der Waals surface area contributed by atoms with Crippen molar-refractivity contribution in [2.75, 3.05) is 14.2 Å². The monoisotopic (exact) mass is 757 g/mol. The number of ether oxygens (including phenoxy) is 5. The Labute approximate surface area is 319 Å². The summed E-state index contributed by atoms with van der Waals surface area (Å²) in [6, 6.07) is 8.01. The molecule has 1 aromatic carbocycles. The fourth-order valence-corrected chi connectivity index (χ4v) is 8.38. The molecular formula is C42H67NO9Si. The van der Waals surface area contributed by atoms with E-state index in [9.17, 15) is 9.90 Å². The molecule has 0 saturated carbocycles. The summed E-state index contributed by atoms with van der Waals surface area (Å²) in [5.41, 5.74) is 2.53. The third kappa shape index (κ3) is 12.8. The molecule has 2 aromatic rings. The van der Waals surface area contributed by atoms with E-state index in [1.165, 1.54) is 6.26 Å². The van der Waals surface area contributed by atoms with E-state index in [-0.39, 0.29) is 53.9 Å². The number of hydrogen-bond acceptors (Lipinski definition) is 10. The lowest BCUT2D eigenvalue weighted by molar-refractivity contribution is -0.157. The number of rotatable bonds is 10. The quantitative estimate of drug-likeness (QED) is 0.186. The van der Waals surface area contributed by atoms with Crippen LogP contribution < -0.4 is 4.74 Å². The van der Waals surface area contributed by atoms with Crippen molar-refractivity contribution < 1.29 is 42.4 Å². The van der Waals surface area contributed by atoms with Gasteiger partial charge in [0.05, 0.1) is 56.3 Å². The number of aliphatic hydroxyl groups excluding tert-OH is 1. The van der Waals surface area contributed by atoms with Gasteiger partial charge in [0, 0.05) is 19.6 Å². The maximum absolute atomic E-state index is 13.8. The highest BCUT2D eigenvalue weighted by molar-refractivity contribution is 6.74. The summed E-state index contributed by atoms with van der Waals surface area (Å²) in [6.07, 6.45) is 6.82. The molecule has 2 aliphatic rings. The lowest BCUT2D eigenvalue weighted by Gasteiger charge is -2.43. The predicted molar refractivity (Wildman–Crippen MR) is 209 cm³/mol. The minimum atomic E-state index is -2.18. The van der Waals surface area contributed by atoms with Crippen LogP contribution in [0.4, 0.5) is 0 Å². The highest BCUT2D eigenvalue weighted by Gasteiger charge is 2.42. The number of benzene rings is 1. The third-order valence-electron chi connectivity index (χ3n) is 11.6. The second-order valence-corrected chi connectivity index (χ2v) is 21.8. The maximum atomic E-state index is 13.8. The number of carbonyl (C=O) groups is 1. The van der Waals surface area contributed by atoms with Crippen LogP contribution in [0.15, 0.2) is 40.5 Å². The van der Waals surface area contributed by atoms with Crippen molar-refractivity contribution in [1.29, 1.82) is 0 Å². The molecule has 2 bridgehead atoms. The van der Waals surface area contributed by atoms with E-state index in [1.807, 2.05) is 51.1 Å². The van der Waals surface area contributed by atoms with Gasteiger partial charge < -0.3 is 37.6 Å². The fraction of sp³-hybridized carbons (Fsp3) is 0.714. The van der Waals surface area contributed by atoms with Crippen LogP contribution >= 0.6 is 0 Å². The Hall–Kier alpha value is -2.54. The van der Waals surface area contributed by atoms with Crippen molar-refractivity contribution in [2.24, 2.45) is 11.8 Å². The maximum Gasteiger partial charge on any atom is 0.309 e. The Morgan fingerprint density at radius 1 is 1.04 bits per heavy atom. The first-order valence-corrected chi connectivity index (χ1v) is 22.5. The Morgan fingerprint density at radius 2 is 1.74 bits per heavy atom. The van der Waals surface area contributed by atoms with E-state index in [4.69, 9.17) is 32.5 Å². The fourth-order valence-electron chi connectivity index (χ4n) is 6.94. The number of carbonyl (C=O) groups excluding carboxylic acids is 1. The Balaban J connectivity index is 1.59. The number of fused-ring (bicyclic) bond motifs is 2. The predicted octanol–water partition coefficient (Wildman–Crippen LogP) is 9.22. The molecule has 10 nitrogen and oxygen atoms in total. The average Bonchev–Trinajstić information content (AvgIpc) is 3.57. The minimum absolute atomic E-state index is 0.00582. The molecule has 2 saturated heterocycles. The summed E-state index contributed by atoms with van der Waals surface area (Å²) in [7, 11) is 1.15. The molecule has 1 N–H and O–H groups in total. The molecule has 4 rings (SSSR count). The van der Waals surface area contributed by atoms with Crippen LogP contribution in [-0.2, 0) is 34.8 Å². The van der Waals surface area contributed by atoms with Gasteiger partial charge in [-0.1, -0.05) is 46.8 Å². The summed E-state index contributed by atoms with van der Waals surface area (Å²) in [6.45, 7) is 19.9. The highest BCUT2D eigenvalue weighted by atomic mass is 28.4. The summed E-state index contributed by atoms with van der Waals surface area (Å²) in [5.74, 6) is 0.556. The first-order chi connectivity index (χ1) is 25.0. The smallest absolute Gasteiger partial charge is 0.309 e. The molecule has 11 heteroatoms. The van der Waals surface area contributed by atoms with Gasteiger partial charge in [-0.3, -0.25) is 4.79 Å². The van der Waals surface area contributed by atoms with E-state index < -0.39 is 26.4 Å². The van der Waals surface area contributed by atoms with Crippen molar-refractivity contribution in [3.63, 3.8) is 0 Å². The van der Waals surface area contributed by atoms with Crippen molar-refractivity contribution in [2.45, 2.75) is 167 Å². The molecule has 0 amide bonds. The first kappa shape index (κ1) is 43.2. The number of oxazole rings is 1.